The summed E-state index contributed by atoms with van der Waals surface area (Å²) in [6.07, 6.45) is 0.408. The number of rotatable bonds is 5. The largest absolute Gasteiger partial charge is 0.384 e. The Bertz CT molecular complexity index is 440. The lowest BCUT2D eigenvalue weighted by atomic mass is 10.2. The number of carbonyl (C=O) groups excluding carboxylic acids is 1. The van der Waals surface area contributed by atoms with Gasteiger partial charge < -0.3 is 10.6 Å². The topological polar surface area (TPSA) is 64.9 Å². The smallest absolute Gasteiger partial charge is 0.221 e. The van der Waals surface area contributed by atoms with E-state index in [1.54, 1.807) is 18.2 Å². The van der Waals surface area contributed by atoms with Crippen LogP contribution < -0.4 is 10.6 Å². The molecule has 0 aliphatic carbocycles. The van der Waals surface area contributed by atoms with Crippen LogP contribution in [0.2, 0.25) is 5.02 Å². The molecule has 0 fully saturated rings. The van der Waals surface area contributed by atoms with E-state index in [1.165, 1.54) is 0 Å². The van der Waals surface area contributed by atoms with Gasteiger partial charge in [0.1, 0.15) is 6.07 Å². The fourth-order valence-corrected chi connectivity index (χ4v) is 1.54. The molecule has 0 atom stereocenters. The van der Waals surface area contributed by atoms with E-state index in [2.05, 4.69) is 10.6 Å². The number of carbonyl (C=O) groups is 1. The van der Waals surface area contributed by atoms with Crippen LogP contribution in [0.25, 0.3) is 0 Å². The molecule has 0 spiro atoms. The molecule has 2 N–H and O–H groups in total. The molecule has 5 heteroatoms. The zero-order valence-corrected chi connectivity index (χ0v) is 10.3. The molecule has 0 saturated heterocycles. The molecule has 0 saturated carbocycles. The zero-order valence-electron chi connectivity index (χ0n) is 9.59. The van der Waals surface area contributed by atoms with Crippen molar-refractivity contribution >= 4 is 23.2 Å². The van der Waals surface area contributed by atoms with Gasteiger partial charge in [0, 0.05) is 25.2 Å². The summed E-state index contributed by atoms with van der Waals surface area (Å²) >= 11 is 5.88. The Morgan fingerprint density at radius 1 is 1.53 bits per heavy atom. The fraction of sp³-hybridized carbons (Fsp3) is 0.333. The SMILES string of the molecule is CCNC(=O)CCNc1ccc(C#N)c(Cl)c1. The van der Waals surface area contributed by atoms with Crippen LogP contribution in [0.15, 0.2) is 18.2 Å². The van der Waals surface area contributed by atoms with Gasteiger partial charge >= 0.3 is 0 Å². The maximum absolute atomic E-state index is 11.2. The molecule has 1 aromatic rings. The van der Waals surface area contributed by atoms with Gasteiger partial charge in [-0.3, -0.25) is 4.79 Å². The highest BCUT2D eigenvalue weighted by Crippen LogP contribution is 2.19. The molecule has 0 aromatic heterocycles. The molecule has 4 nitrogen and oxygen atoms in total. The van der Waals surface area contributed by atoms with Gasteiger partial charge in [-0.2, -0.15) is 5.26 Å². The first kappa shape index (κ1) is 13.3. The number of hydrogen-bond donors (Lipinski definition) is 2. The highest BCUT2D eigenvalue weighted by molar-refractivity contribution is 6.32. The lowest BCUT2D eigenvalue weighted by Crippen LogP contribution is -2.24. The van der Waals surface area contributed by atoms with E-state index in [4.69, 9.17) is 16.9 Å². The highest BCUT2D eigenvalue weighted by Gasteiger charge is 2.02. The highest BCUT2D eigenvalue weighted by atomic mass is 35.5. The molecule has 1 rings (SSSR count). The van der Waals surface area contributed by atoms with Gasteiger partial charge in [0.05, 0.1) is 10.6 Å². The van der Waals surface area contributed by atoms with Crippen molar-refractivity contribution in [3.05, 3.63) is 28.8 Å². The first-order valence-electron chi connectivity index (χ1n) is 5.37. The number of halogens is 1. The first-order valence-corrected chi connectivity index (χ1v) is 5.75. The van der Waals surface area contributed by atoms with Crippen molar-refractivity contribution < 1.29 is 4.79 Å². The van der Waals surface area contributed by atoms with Crippen molar-refractivity contribution in [3.63, 3.8) is 0 Å². The summed E-state index contributed by atoms with van der Waals surface area (Å²) in [4.78, 5) is 11.2. The predicted octanol–water partition coefficient (Wildman–Crippen LogP) is 2.15. The standard InChI is InChI=1S/C12H14ClN3O/c1-2-15-12(17)5-6-16-10-4-3-9(8-14)11(13)7-10/h3-4,7,16H,2,5-6H2,1H3,(H,15,17). The van der Waals surface area contributed by atoms with E-state index in [-0.39, 0.29) is 5.91 Å². The summed E-state index contributed by atoms with van der Waals surface area (Å²) in [6.45, 7) is 3.06. The Labute approximate surface area is 106 Å². The summed E-state index contributed by atoms with van der Waals surface area (Å²) in [5, 5.41) is 14.9. The first-order chi connectivity index (χ1) is 8.17. The summed E-state index contributed by atoms with van der Waals surface area (Å²) < 4.78 is 0. The Morgan fingerprint density at radius 2 is 2.29 bits per heavy atom. The second kappa shape index (κ2) is 6.77. The van der Waals surface area contributed by atoms with Gasteiger partial charge in [-0.15, -0.1) is 0 Å². The lowest BCUT2D eigenvalue weighted by molar-refractivity contribution is -0.120. The van der Waals surface area contributed by atoms with Crippen LogP contribution in [0.1, 0.15) is 18.9 Å². The molecule has 1 aromatic carbocycles. The predicted molar refractivity (Wildman–Crippen MR) is 68.0 cm³/mol. The van der Waals surface area contributed by atoms with Gasteiger partial charge in [-0.25, -0.2) is 0 Å². The third-order valence-corrected chi connectivity index (χ3v) is 2.46. The molecule has 0 heterocycles. The summed E-state index contributed by atoms with van der Waals surface area (Å²) in [6, 6.07) is 7.08. The number of amides is 1. The monoisotopic (exact) mass is 251 g/mol. The van der Waals surface area contributed by atoms with Crippen molar-refractivity contribution in [2.24, 2.45) is 0 Å². The fourth-order valence-electron chi connectivity index (χ4n) is 1.32. The Hall–Kier alpha value is -1.73. The minimum atomic E-state index is 0.0136. The van der Waals surface area contributed by atoms with E-state index >= 15 is 0 Å². The number of hydrogen-bond acceptors (Lipinski definition) is 3. The lowest BCUT2D eigenvalue weighted by Gasteiger charge is -2.07. The van der Waals surface area contributed by atoms with Crippen LogP contribution >= 0.6 is 11.6 Å². The molecule has 0 unspecified atom stereocenters. The van der Waals surface area contributed by atoms with Crippen LogP contribution in [0.3, 0.4) is 0 Å². The maximum atomic E-state index is 11.2. The van der Waals surface area contributed by atoms with E-state index in [0.29, 0.717) is 30.1 Å². The normalized spacial score (nSPS) is 9.47. The quantitative estimate of drug-likeness (QED) is 0.843. The van der Waals surface area contributed by atoms with Crippen molar-refractivity contribution in [1.29, 1.82) is 5.26 Å². The van der Waals surface area contributed by atoms with Gasteiger partial charge in [0.25, 0.3) is 0 Å². The van der Waals surface area contributed by atoms with E-state index in [9.17, 15) is 4.79 Å². The molecule has 0 aliphatic heterocycles. The summed E-state index contributed by atoms with van der Waals surface area (Å²) in [5.74, 6) is 0.0136. The zero-order chi connectivity index (χ0) is 12.7. The molecule has 90 valence electrons. The number of nitrogens with one attached hydrogen (secondary N) is 2. The van der Waals surface area contributed by atoms with Crippen LogP contribution in [0, 0.1) is 11.3 Å². The maximum Gasteiger partial charge on any atom is 0.221 e. The summed E-state index contributed by atoms with van der Waals surface area (Å²) in [5.41, 5.74) is 1.25. The van der Waals surface area contributed by atoms with E-state index in [0.717, 1.165) is 5.69 Å². The average Bonchev–Trinajstić information content (AvgIpc) is 2.29. The van der Waals surface area contributed by atoms with Crippen LogP contribution in [0.4, 0.5) is 5.69 Å². The Kier molecular flexibility index (Phi) is 5.31. The number of anilines is 1. The second-order valence-electron chi connectivity index (χ2n) is 3.44. The molecular weight excluding hydrogens is 238 g/mol. The molecule has 0 bridgehead atoms. The number of nitrogens with zero attached hydrogens (tertiary/aromatic N) is 1. The van der Waals surface area contributed by atoms with Crippen LogP contribution in [-0.4, -0.2) is 19.0 Å². The second-order valence-corrected chi connectivity index (χ2v) is 3.84. The third-order valence-electron chi connectivity index (χ3n) is 2.14. The molecule has 1 amide bonds. The molecular formula is C12H14ClN3O. The minimum Gasteiger partial charge on any atom is -0.384 e. The average molecular weight is 252 g/mol. The van der Waals surface area contributed by atoms with Gasteiger partial charge in [-0.1, -0.05) is 11.6 Å². The van der Waals surface area contributed by atoms with Crippen LogP contribution in [-0.2, 0) is 4.79 Å². The van der Waals surface area contributed by atoms with E-state index in [1.807, 2.05) is 13.0 Å². The number of benzene rings is 1. The molecule has 0 radical (unpaired) electrons. The van der Waals surface area contributed by atoms with Crippen molar-refractivity contribution in [1.82, 2.24) is 5.32 Å². The van der Waals surface area contributed by atoms with Gasteiger partial charge in [0.2, 0.25) is 5.91 Å². The molecule has 0 aliphatic rings. The van der Waals surface area contributed by atoms with Crippen LogP contribution in [0.5, 0.6) is 0 Å². The minimum absolute atomic E-state index is 0.0136. The van der Waals surface area contributed by atoms with Crippen molar-refractivity contribution in [3.8, 4) is 6.07 Å². The van der Waals surface area contributed by atoms with Gasteiger partial charge in [0.15, 0.2) is 0 Å². The van der Waals surface area contributed by atoms with Gasteiger partial charge in [-0.05, 0) is 25.1 Å². The van der Waals surface area contributed by atoms with Crippen molar-refractivity contribution in [2.75, 3.05) is 18.4 Å². The third kappa shape index (κ3) is 4.33. The van der Waals surface area contributed by atoms with Crippen molar-refractivity contribution in [2.45, 2.75) is 13.3 Å². The Morgan fingerprint density at radius 3 is 2.88 bits per heavy atom. The Balaban J connectivity index is 2.45. The van der Waals surface area contributed by atoms with E-state index < -0.39 is 0 Å². The molecule has 17 heavy (non-hydrogen) atoms. The summed E-state index contributed by atoms with van der Waals surface area (Å²) in [7, 11) is 0. The number of nitriles is 1.